The lowest BCUT2D eigenvalue weighted by Gasteiger charge is -2.40. The Morgan fingerprint density at radius 3 is 1.08 bits per heavy atom. The molecule has 4 atom stereocenters. The highest BCUT2D eigenvalue weighted by Gasteiger charge is 2.36. The predicted octanol–water partition coefficient (Wildman–Crippen LogP) is -1.43. The van der Waals surface area contributed by atoms with Crippen LogP contribution in [0.25, 0.3) is 0 Å². The zero-order valence-electron chi connectivity index (χ0n) is 15.6. The fraction of sp³-hybridized carbons (Fsp3) is 0.889. The van der Waals surface area contributed by atoms with Crippen molar-refractivity contribution in [1.82, 2.24) is 9.80 Å². The highest BCUT2D eigenvalue weighted by molar-refractivity contribution is 5.81. The van der Waals surface area contributed by atoms with Crippen LogP contribution in [0.5, 0.6) is 0 Å². The molecule has 0 aromatic heterocycles. The molecule has 8 heteroatoms. The Hall–Kier alpha value is -1.22. The maximum atomic E-state index is 12.8. The lowest BCUT2D eigenvalue weighted by atomic mass is 9.82. The van der Waals surface area contributed by atoms with Crippen LogP contribution in [0.2, 0.25) is 0 Å². The molecule has 2 saturated carbocycles. The van der Waals surface area contributed by atoms with Crippen LogP contribution in [0.3, 0.4) is 0 Å². The first kappa shape index (κ1) is 19.5. The van der Waals surface area contributed by atoms with Crippen molar-refractivity contribution in [3.8, 4) is 0 Å². The van der Waals surface area contributed by atoms with Gasteiger partial charge in [-0.15, -0.1) is 0 Å². The van der Waals surface area contributed by atoms with Crippen LogP contribution in [-0.2, 0) is 9.59 Å². The fourth-order valence-electron chi connectivity index (χ4n) is 4.88. The molecule has 2 amide bonds. The van der Waals surface area contributed by atoms with Gasteiger partial charge in [0.25, 0.3) is 0 Å². The van der Waals surface area contributed by atoms with Crippen molar-refractivity contribution in [2.75, 3.05) is 26.2 Å². The van der Waals surface area contributed by atoms with E-state index in [0.717, 1.165) is 12.8 Å². The Labute approximate surface area is 155 Å². The molecule has 0 aromatic rings. The van der Waals surface area contributed by atoms with E-state index in [1.807, 2.05) is 9.80 Å². The van der Waals surface area contributed by atoms with E-state index in [0.29, 0.717) is 51.9 Å². The van der Waals surface area contributed by atoms with Gasteiger partial charge in [0.2, 0.25) is 11.8 Å². The van der Waals surface area contributed by atoms with Crippen LogP contribution >= 0.6 is 0 Å². The summed E-state index contributed by atoms with van der Waals surface area (Å²) in [5.74, 6) is 0.129. The van der Waals surface area contributed by atoms with Gasteiger partial charge < -0.3 is 32.7 Å². The standard InChI is InChI=1S/C18H34N6O2/c19-13-5-11(6-14(20)9-13)17(25)23-1-2-24(4-3-23)18(26)12-7-15(21)10-16(22)8-12/h11-16H,1-10,19-22H2. The minimum Gasteiger partial charge on any atom is -0.339 e. The van der Waals surface area contributed by atoms with E-state index in [1.54, 1.807) is 0 Å². The third-order valence-electron chi connectivity index (χ3n) is 6.16. The highest BCUT2D eigenvalue weighted by atomic mass is 16.2. The Bertz CT molecular complexity index is 456. The summed E-state index contributed by atoms with van der Waals surface area (Å²) in [5, 5.41) is 0. The number of piperazine rings is 1. The number of hydrogen-bond acceptors (Lipinski definition) is 6. The van der Waals surface area contributed by atoms with Crippen molar-refractivity contribution < 1.29 is 9.59 Å². The van der Waals surface area contributed by atoms with Crippen molar-refractivity contribution in [2.24, 2.45) is 34.8 Å². The number of rotatable bonds is 2. The van der Waals surface area contributed by atoms with Gasteiger partial charge >= 0.3 is 0 Å². The molecule has 0 aromatic carbocycles. The van der Waals surface area contributed by atoms with E-state index >= 15 is 0 Å². The summed E-state index contributed by atoms with van der Waals surface area (Å²) in [6.07, 6.45) is 4.43. The van der Waals surface area contributed by atoms with E-state index in [9.17, 15) is 9.59 Å². The van der Waals surface area contributed by atoms with Gasteiger partial charge in [0.15, 0.2) is 0 Å². The molecule has 0 radical (unpaired) electrons. The quantitative estimate of drug-likeness (QED) is 0.471. The molecular formula is C18H34N6O2. The van der Waals surface area contributed by atoms with Crippen LogP contribution < -0.4 is 22.9 Å². The maximum Gasteiger partial charge on any atom is 0.225 e. The summed E-state index contributed by atoms with van der Waals surface area (Å²) in [5.41, 5.74) is 24.1. The Morgan fingerprint density at radius 1 is 0.538 bits per heavy atom. The van der Waals surface area contributed by atoms with Gasteiger partial charge in [-0.05, 0) is 38.5 Å². The molecule has 3 rings (SSSR count). The second-order valence-electron chi connectivity index (χ2n) is 8.50. The molecule has 3 fully saturated rings. The third kappa shape index (κ3) is 4.54. The number of nitrogens with zero attached hydrogens (tertiary/aromatic N) is 2. The summed E-state index contributed by atoms with van der Waals surface area (Å²) in [7, 11) is 0. The van der Waals surface area contributed by atoms with E-state index in [2.05, 4.69) is 0 Å². The van der Waals surface area contributed by atoms with Crippen molar-refractivity contribution in [3.05, 3.63) is 0 Å². The van der Waals surface area contributed by atoms with Gasteiger partial charge in [0.05, 0.1) is 0 Å². The highest BCUT2D eigenvalue weighted by Crippen LogP contribution is 2.27. The number of hydrogen-bond donors (Lipinski definition) is 4. The molecule has 8 nitrogen and oxygen atoms in total. The molecule has 8 N–H and O–H groups in total. The summed E-state index contributed by atoms with van der Waals surface area (Å²) < 4.78 is 0. The van der Waals surface area contributed by atoms with Gasteiger partial charge in [0.1, 0.15) is 0 Å². The van der Waals surface area contributed by atoms with Crippen LogP contribution in [0, 0.1) is 11.8 Å². The summed E-state index contributed by atoms with van der Waals surface area (Å²) in [6, 6.07) is 0.0381. The van der Waals surface area contributed by atoms with Crippen LogP contribution in [0.15, 0.2) is 0 Å². The zero-order chi connectivity index (χ0) is 18.8. The average Bonchev–Trinajstić information content (AvgIpc) is 2.59. The van der Waals surface area contributed by atoms with Gasteiger partial charge in [-0.1, -0.05) is 0 Å². The Morgan fingerprint density at radius 2 is 0.808 bits per heavy atom. The Balaban J connectivity index is 1.50. The summed E-state index contributed by atoms with van der Waals surface area (Å²) in [6.45, 7) is 2.32. The molecular weight excluding hydrogens is 332 g/mol. The topological polar surface area (TPSA) is 145 Å². The SMILES string of the molecule is NC1CC(N)CC(C(=O)N2CCN(C(=O)C3CC(N)CC(N)C3)CC2)C1. The lowest BCUT2D eigenvalue weighted by Crippen LogP contribution is -2.55. The molecule has 1 heterocycles. The van der Waals surface area contributed by atoms with Gasteiger partial charge in [-0.3, -0.25) is 9.59 Å². The van der Waals surface area contributed by atoms with Gasteiger partial charge in [-0.25, -0.2) is 0 Å². The number of amides is 2. The second-order valence-corrected chi connectivity index (χ2v) is 8.50. The zero-order valence-corrected chi connectivity index (χ0v) is 15.6. The molecule has 2 aliphatic carbocycles. The minimum atomic E-state index is -0.0784. The maximum absolute atomic E-state index is 12.8. The summed E-state index contributed by atoms with van der Waals surface area (Å²) in [4.78, 5) is 29.3. The van der Waals surface area contributed by atoms with Crippen molar-refractivity contribution in [1.29, 1.82) is 0 Å². The molecule has 0 spiro atoms. The number of carbonyl (C=O) groups is 2. The Kier molecular flexibility index (Phi) is 6.17. The average molecular weight is 367 g/mol. The minimum absolute atomic E-state index is 0.00952. The molecule has 0 bridgehead atoms. The number of carbonyl (C=O) groups excluding carboxylic acids is 2. The fourth-order valence-corrected chi connectivity index (χ4v) is 4.88. The third-order valence-corrected chi connectivity index (χ3v) is 6.16. The van der Waals surface area contributed by atoms with Crippen molar-refractivity contribution >= 4 is 11.8 Å². The van der Waals surface area contributed by atoms with E-state index in [1.165, 1.54) is 0 Å². The summed E-state index contributed by atoms with van der Waals surface area (Å²) >= 11 is 0. The van der Waals surface area contributed by atoms with Crippen LogP contribution in [0.4, 0.5) is 0 Å². The van der Waals surface area contributed by atoms with Crippen LogP contribution in [0.1, 0.15) is 38.5 Å². The number of nitrogens with two attached hydrogens (primary N) is 4. The molecule has 3 aliphatic rings. The van der Waals surface area contributed by atoms with E-state index in [4.69, 9.17) is 22.9 Å². The van der Waals surface area contributed by atoms with Crippen LogP contribution in [-0.4, -0.2) is 72.0 Å². The first-order valence-corrected chi connectivity index (χ1v) is 9.93. The van der Waals surface area contributed by atoms with Crippen molar-refractivity contribution in [2.45, 2.75) is 62.7 Å². The van der Waals surface area contributed by atoms with Gasteiger partial charge in [0, 0.05) is 62.2 Å². The normalized spacial score (nSPS) is 38.9. The smallest absolute Gasteiger partial charge is 0.225 e. The first-order valence-electron chi connectivity index (χ1n) is 9.93. The van der Waals surface area contributed by atoms with E-state index in [-0.39, 0.29) is 47.8 Å². The largest absolute Gasteiger partial charge is 0.339 e. The second kappa shape index (κ2) is 8.21. The predicted molar refractivity (Wildman–Crippen MR) is 99.7 cm³/mol. The molecule has 148 valence electrons. The molecule has 1 aliphatic heterocycles. The first-order chi connectivity index (χ1) is 12.3. The lowest BCUT2D eigenvalue weighted by molar-refractivity contribution is -0.145. The molecule has 1 saturated heterocycles. The van der Waals surface area contributed by atoms with Crippen molar-refractivity contribution in [3.63, 3.8) is 0 Å². The molecule has 4 unspecified atom stereocenters. The van der Waals surface area contributed by atoms with E-state index < -0.39 is 0 Å². The molecule has 26 heavy (non-hydrogen) atoms. The van der Waals surface area contributed by atoms with Gasteiger partial charge in [-0.2, -0.15) is 0 Å². The monoisotopic (exact) mass is 366 g/mol.